The highest BCUT2D eigenvalue weighted by Gasteiger charge is 2.14. The van der Waals surface area contributed by atoms with Crippen molar-refractivity contribution < 1.29 is 9.21 Å². The van der Waals surface area contributed by atoms with E-state index in [9.17, 15) is 4.79 Å². The average Bonchev–Trinajstić information content (AvgIpc) is 3.05. The van der Waals surface area contributed by atoms with Gasteiger partial charge in [0.25, 0.3) is 0 Å². The van der Waals surface area contributed by atoms with E-state index in [0.29, 0.717) is 13.1 Å². The number of likely N-dealkylation sites (N-methyl/N-ethyl adjacent to an activating group) is 1. The van der Waals surface area contributed by atoms with E-state index in [2.05, 4.69) is 4.98 Å². The van der Waals surface area contributed by atoms with Crippen LogP contribution in [-0.2, 0) is 6.54 Å². The number of rotatable bonds is 5. The van der Waals surface area contributed by atoms with Gasteiger partial charge in [0.15, 0.2) is 5.78 Å². The molecule has 2 heterocycles. The number of hydrogen-bond donors (Lipinski definition) is 1. The van der Waals surface area contributed by atoms with Gasteiger partial charge in [0, 0.05) is 34.8 Å². The third-order valence-corrected chi connectivity index (χ3v) is 3.71. The van der Waals surface area contributed by atoms with Gasteiger partial charge < -0.3 is 9.40 Å². The zero-order chi connectivity index (χ0) is 14.8. The molecule has 0 radical (unpaired) electrons. The summed E-state index contributed by atoms with van der Waals surface area (Å²) in [5, 5.41) is 0.982. The SMILES string of the molecule is Cc1occc1CN(C)CC(=O)c1c[nH]c2ccccc12. The number of nitrogens with one attached hydrogen (secondary N) is 1. The summed E-state index contributed by atoms with van der Waals surface area (Å²) in [5.74, 6) is 1.03. The molecular formula is C17H18N2O2. The Kier molecular flexibility index (Phi) is 3.62. The van der Waals surface area contributed by atoms with Crippen molar-refractivity contribution in [1.29, 1.82) is 0 Å². The Labute approximate surface area is 123 Å². The summed E-state index contributed by atoms with van der Waals surface area (Å²) in [5.41, 5.74) is 2.86. The molecule has 0 saturated carbocycles. The maximum atomic E-state index is 12.5. The number of carbonyl (C=O) groups excluding carboxylic acids is 1. The largest absolute Gasteiger partial charge is 0.469 e. The fraction of sp³-hybridized carbons (Fsp3) is 0.235. The van der Waals surface area contributed by atoms with Crippen LogP contribution in [-0.4, -0.2) is 29.3 Å². The van der Waals surface area contributed by atoms with Crippen molar-refractivity contribution in [3.05, 3.63) is 59.7 Å². The summed E-state index contributed by atoms with van der Waals surface area (Å²) in [6.07, 6.45) is 3.48. The van der Waals surface area contributed by atoms with Crippen LogP contribution in [0, 0.1) is 6.92 Å². The molecule has 2 aromatic heterocycles. The molecule has 0 aliphatic heterocycles. The molecule has 0 aliphatic rings. The van der Waals surface area contributed by atoms with Crippen molar-refractivity contribution in [3.63, 3.8) is 0 Å². The molecule has 0 fully saturated rings. The van der Waals surface area contributed by atoms with Crippen LogP contribution >= 0.6 is 0 Å². The Bertz CT molecular complexity index is 770. The van der Waals surface area contributed by atoms with Crippen molar-refractivity contribution in [2.75, 3.05) is 13.6 Å². The third-order valence-electron chi connectivity index (χ3n) is 3.71. The molecular weight excluding hydrogens is 264 g/mol. The summed E-state index contributed by atoms with van der Waals surface area (Å²) < 4.78 is 5.28. The lowest BCUT2D eigenvalue weighted by Gasteiger charge is -2.14. The van der Waals surface area contributed by atoms with Gasteiger partial charge in [0.05, 0.1) is 12.8 Å². The van der Waals surface area contributed by atoms with Gasteiger partial charge in [0.2, 0.25) is 0 Å². The summed E-state index contributed by atoms with van der Waals surface area (Å²) in [4.78, 5) is 17.6. The second kappa shape index (κ2) is 5.58. The van der Waals surface area contributed by atoms with Gasteiger partial charge >= 0.3 is 0 Å². The molecule has 0 amide bonds. The topological polar surface area (TPSA) is 49.2 Å². The first kappa shape index (κ1) is 13.6. The quantitative estimate of drug-likeness (QED) is 0.730. The minimum absolute atomic E-state index is 0.121. The molecule has 4 heteroatoms. The highest BCUT2D eigenvalue weighted by molar-refractivity contribution is 6.08. The Hall–Kier alpha value is -2.33. The molecule has 0 saturated heterocycles. The molecule has 1 aromatic carbocycles. The van der Waals surface area contributed by atoms with Gasteiger partial charge in [-0.3, -0.25) is 9.69 Å². The molecule has 21 heavy (non-hydrogen) atoms. The first-order valence-electron chi connectivity index (χ1n) is 6.96. The van der Waals surface area contributed by atoms with Crippen molar-refractivity contribution in [2.24, 2.45) is 0 Å². The Morgan fingerprint density at radius 1 is 1.29 bits per heavy atom. The Morgan fingerprint density at radius 3 is 2.86 bits per heavy atom. The summed E-state index contributed by atoms with van der Waals surface area (Å²) in [6, 6.07) is 9.80. The Morgan fingerprint density at radius 2 is 2.10 bits per heavy atom. The van der Waals surface area contributed by atoms with Crippen LogP contribution in [0.4, 0.5) is 0 Å². The number of nitrogens with zero attached hydrogens (tertiary/aromatic N) is 1. The van der Waals surface area contributed by atoms with Crippen LogP contribution in [0.1, 0.15) is 21.7 Å². The van der Waals surface area contributed by atoms with Gasteiger partial charge in [-0.2, -0.15) is 0 Å². The molecule has 0 unspecified atom stereocenters. The van der Waals surface area contributed by atoms with Crippen LogP contribution in [0.25, 0.3) is 10.9 Å². The number of Topliss-reactive ketones (excluding diaryl/α,β-unsaturated/α-hetero) is 1. The molecule has 0 bridgehead atoms. The lowest BCUT2D eigenvalue weighted by atomic mass is 10.1. The first-order chi connectivity index (χ1) is 10.1. The zero-order valence-electron chi connectivity index (χ0n) is 12.2. The molecule has 4 nitrogen and oxygen atoms in total. The van der Waals surface area contributed by atoms with Crippen LogP contribution in [0.15, 0.2) is 47.2 Å². The number of aromatic amines is 1. The van der Waals surface area contributed by atoms with Crippen LogP contribution < -0.4 is 0 Å². The van der Waals surface area contributed by atoms with Gasteiger partial charge in [0.1, 0.15) is 5.76 Å². The lowest BCUT2D eigenvalue weighted by molar-refractivity contribution is 0.0944. The summed E-state index contributed by atoms with van der Waals surface area (Å²) in [6.45, 7) is 3.02. The van der Waals surface area contributed by atoms with E-state index in [1.807, 2.05) is 49.2 Å². The van der Waals surface area contributed by atoms with Crippen molar-refractivity contribution in [2.45, 2.75) is 13.5 Å². The molecule has 1 N–H and O–H groups in total. The number of H-pyrrole nitrogens is 1. The first-order valence-corrected chi connectivity index (χ1v) is 6.96. The van der Waals surface area contributed by atoms with E-state index >= 15 is 0 Å². The standard InChI is InChI=1S/C17H18N2O2/c1-12-13(7-8-21-12)10-19(2)11-17(20)15-9-18-16-6-4-3-5-14(15)16/h3-9,18H,10-11H2,1-2H3. The molecule has 108 valence electrons. The summed E-state index contributed by atoms with van der Waals surface area (Å²) >= 11 is 0. The minimum Gasteiger partial charge on any atom is -0.469 e. The van der Waals surface area contributed by atoms with Crippen molar-refractivity contribution in [3.8, 4) is 0 Å². The van der Waals surface area contributed by atoms with E-state index < -0.39 is 0 Å². The van der Waals surface area contributed by atoms with Gasteiger partial charge in [-0.15, -0.1) is 0 Å². The number of para-hydroxylation sites is 1. The predicted octanol–water partition coefficient (Wildman–Crippen LogP) is 3.38. The number of benzene rings is 1. The number of fused-ring (bicyclic) bond motifs is 1. The Balaban J connectivity index is 1.73. The van der Waals surface area contributed by atoms with Crippen molar-refractivity contribution >= 4 is 16.7 Å². The van der Waals surface area contributed by atoms with Crippen molar-refractivity contribution in [1.82, 2.24) is 9.88 Å². The zero-order valence-corrected chi connectivity index (χ0v) is 12.2. The van der Waals surface area contributed by atoms with E-state index in [4.69, 9.17) is 4.42 Å². The minimum atomic E-state index is 0.121. The number of aryl methyl sites for hydroxylation is 1. The number of furan rings is 1. The monoisotopic (exact) mass is 282 g/mol. The van der Waals surface area contributed by atoms with Crippen LogP contribution in [0.5, 0.6) is 0 Å². The molecule has 0 aliphatic carbocycles. The summed E-state index contributed by atoms with van der Waals surface area (Å²) in [7, 11) is 1.94. The second-order valence-corrected chi connectivity index (χ2v) is 5.35. The molecule has 3 rings (SSSR count). The van der Waals surface area contributed by atoms with Gasteiger partial charge in [-0.1, -0.05) is 18.2 Å². The molecule has 3 aromatic rings. The third kappa shape index (κ3) is 2.76. The average molecular weight is 282 g/mol. The van der Waals surface area contributed by atoms with E-state index in [1.54, 1.807) is 12.5 Å². The fourth-order valence-electron chi connectivity index (χ4n) is 2.55. The van der Waals surface area contributed by atoms with E-state index in [1.165, 1.54) is 0 Å². The lowest BCUT2D eigenvalue weighted by Crippen LogP contribution is -2.25. The predicted molar refractivity (Wildman–Crippen MR) is 82.4 cm³/mol. The number of carbonyl (C=O) groups is 1. The molecule has 0 atom stereocenters. The highest BCUT2D eigenvalue weighted by atomic mass is 16.3. The van der Waals surface area contributed by atoms with Crippen LogP contribution in [0.3, 0.4) is 0 Å². The smallest absolute Gasteiger partial charge is 0.178 e. The fourth-order valence-corrected chi connectivity index (χ4v) is 2.55. The second-order valence-electron chi connectivity index (χ2n) is 5.35. The van der Waals surface area contributed by atoms with E-state index in [-0.39, 0.29) is 5.78 Å². The maximum absolute atomic E-state index is 12.5. The highest BCUT2D eigenvalue weighted by Crippen LogP contribution is 2.19. The number of aromatic nitrogens is 1. The van der Waals surface area contributed by atoms with Crippen LogP contribution in [0.2, 0.25) is 0 Å². The van der Waals surface area contributed by atoms with E-state index in [0.717, 1.165) is 27.8 Å². The normalized spacial score (nSPS) is 11.4. The maximum Gasteiger partial charge on any atom is 0.178 e. The molecule has 0 spiro atoms. The number of ketones is 1. The number of hydrogen-bond acceptors (Lipinski definition) is 3. The van der Waals surface area contributed by atoms with Gasteiger partial charge in [-0.05, 0) is 26.1 Å². The van der Waals surface area contributed by atoms with Gasteiger partial charge in [-0.25, -0.2) is 0 Å².